The topological polar surface area (TPSA) is 71.3 Å². The average Bonchev–Trinajstić information content (AvgIpc) is 2.43. The van der Waals surface area contributed by atoms with Crippen molar-refractivity contribution in [3.05, 3.63) is 26.3 Å². The molecule has 0 atom stereocenters. The Labute approximate surface area is 127 Å². The maximum atomic E-state index is 10.8. The molecule has 20 heavy (non-hydrogen) atoms. The van der Waals surface area contributed by atoms with Gasteiger partial charge in [-0.3, -0.25) is 10.1 Å². The van der Waals surface area contributed by atoms with Gasteiger partial charge in [-0.05, 0) is 48.9 Å². The number of halogens is 1. The van der Waals surface area contributed by atoms with Crippen molar-refractivity contribution in [1.29, 1.82) is 0 Å². The Kier molecular flexibility index (Phi) is 6.87. The van der Waals surface area contributed by atoms with E-state index in [1.807, 2.05) is 0 Å². The summed E-state index contributed by atoms with van der Waals surface area (Å²) >= 11 is 3.37. The molecule has 0 aromatic carbocycles. The third kappa shape index (κ3) is 4.42. The van der Waals surface area contributed by atoms with Crippen LogP contribution in [0.5, 0.6) is 0 Å². The molecule has 0 radical (unpaired) electrons. The molecule has 6 nitrogen and oxygen atoms in total. The lowest BCUT2D eigenvalue weighted by Gasteiger charge is -2.18. The van der Waals surface area contributed by atoms with Gasteiger partial charge in [0.2, 0.25) is 0 Å². The summed E-state index contributed by atoms with van der Waals surface area (Å²) in [5.41, 5.74) is 0.627. The number of anilines is 1. The van der Waals surface area contributed by atoms with Gasteiger partial charge < -0.3 is 10.2 Å². The Morgan fingerprint density at radius 1 is 1.45 bits per heavy atom. The van der Waals surface area contributed by atoms with Gasteiger partial charge in [-0.2, -0.15) is 0 Å². The molecule has 0 spiro atoms. The number of rotatable bonds is 8. The molecule has 0 unspecified atom stereocenters. The molecular formula is C13H21BrN4O2. The van der Waals surface area contributed by atoms with Crippen molar-refractivity contribution in [2.45, 2.75) is 27.2 Å². The van der Waals surface area contributed by atoms with Gasteiger partial charge in [0.05, 0.1) is 9.40 Å². The minimum Gasteiger partial charge on any atom is -0.369 e. The predicted molar refractivity (Wildman–Crippen MR) is 84.2 cm³/mol. The molecule has 1 rings (SSSR count). The first-order valence-corrected chi connectivity index (χ1v) is 7.56. The van der Waals surface area contributed by atoms with Gasteiger partial charge in [0.25, 0.3) is 5.69 Å². The first-order chi connectivity index (χ1) is 9.51. The molecule has 0 saturated carbocycles. The molecule has 7 heteroatoms. The van der Waals surface area contributed by atoms with E-state index in [1.54, 1.807) is 6.92 Å². The summed E-state index contributed by atoms with van der Waals surface area (Å²) in [6.45, 7) is 9.93. The Morgan fingerprint density at radius 3 is 2.65 bits per heavy atom. The van der Waals surface area contributed by atoms with Crippen LogP contribution in [0.25, 0.3) is 0 Å². The van der Waals surface area contributed by atoms with Crippen molar-refractivity contribution in [2.24, 2.45) is 0 Å². The van der Waals surface area contributed by atoms with Crippen molar-refractivity contribution in [2.75, 3.05) is 31.5 Å². The molecule has 1 aromatic heterocycles. The number of nitrogens with zero attached hydrogens (tertiary/aromatic N) is 3. The Bertz CT molecular complexity index is 464. The lowest BCUT2D eigenvalue weighted by Crippen LogP contribution is -2.25. The van der Waals surface area contributed by atoms with E-state index >= 15 is 0 Å². The van der Waals surface area contributed by atoms with Gasteiger partial charge >= 0.3 is 0 Å². The third-order valence-electron chi connectivity index (χ3n) is 3.27. The zero-order chi connectivity index (χ0) is 15.1. The van der Waals surface area contributed by atoms with Crippen LogP contribution < -0.4 is 5.32 Å². The van der Waals surface area contributed by atoms with Gasteiger partial charge in [-0.15, -0.1) is 0 Å². The zero-order valence-electron chi connectivity index (χ0n) is 12.1. The van der Waals surface area contributed by atoms with Gasteiger partial charge in [0.1, 0.15) is 12.0 Å². The van der Waals surface area contributed by atoms with Crippen molar-refractivity contribution in [3.8, 4) is 0 Å². The van der Waals surface area contributed by atoms with Crippen molar-refractivity contribution >= 4 is 27.4 Å². The van der Waals surface area contributed by atoms with E-state index in [9.17, 15) is 10.1 Å². The normalized spacial score (nSPS) is 10.8. The van der Waals surface area contributed by atoms with E-state index < -0.39 is 4.92 Å². The van der Waals surface area contributed by atoms with Crippen LogP contribution in [0.15, 0.2) is 10.7 Å². The van der Waals surface area contributed by atoms with Gasteiger partial charge in [0.15, 0.2) is 0 Å². The predicted octanol–water partition coefficient (Wildman–Crippen LogP) is 3.20. The van der Waals surface area contributed by atoms with Gasteiger partial charge in [-0.1, -0.05) is 13.8 Å². The summed E-state index contributed by atoms with van der Waals surface area (Å²) in [5.74, 6) is 0.660. The molecule has 112 valence electrons. The average molecular weight is 345 g/mol. The van der Waals surface area contributed by atoms with E-state index in [-0.39, 0.29) is 5.69 Å². The second kappa shape index (κ2) is 8.16. The summed E-state index contributed by atoms with van der Waals surface area (Å²) in [5, 5.41) is 14.0. The monoisotopic (exact) mass is 344 g/mol. The summed E-state index contributed by atoms with van der Waals surface area (Å²) in [6, 6.07) is 0. The number of pyridine rings is 1. The standard InChI is InChI=1S/C13H21BrN4O2/c1-4-17(5-2)8-6-7-15-13-12(14)10(3)11(9-16-13)18(19)20/h9H,4-8H2,1-3H3,(H,15,16). The summed E-state index contributed by atoms with van der Waals surface area (Å²) < 4.78 is 0.662. The quantitative estimate of drug-likeness (QED) is 0.445. The molecule has 0 aliphatic carbocycles. The van der Waals surface area contributed by atoms with Gasteiger partial charge in [-0.25, -0.2) is 4.98 Å². The van der Waals surface area contributed by atoms with Crippen LogP contribution in [0.4, 0.5) is 11.5 Å². The highest BCUT2D eigenvalue weighted by Crippen LogP contribution is 2.30. The smallest absolute Gasteiger partial charge is 0.291 e. The Balaban J connectivity index is 2.57. The van der Waals surface area contributed by atoms with Crippen LogP contribution in [0, 0.1) is 17.0 Å². The van der Waals surface area contributed by atoms with Crippen LogP contribution in [0.2, 0.25) is 0 Å². The molecule has 0 aliphatic rings. The summed E-state index contributed by atoms with van der Waals surface area (Å²) in [4.78, 5) is 16.8. The third-order valence-corrected chi connectivity index (χ3v) is 4.24. The van der Waals surface area contributed by atoms with E-state index in [2.05, 4.69) is 45.0 Å². The largest absolute Gasteiger partial charge is 0.369 e. The van der Waals surface area contributed by atoms with E-state index in [1.165, 1.54) is 6.20 Å². The van der Waals surface area contributed by atoms with Crippen molar-refractivity contribution in [3.63, 3.8) is 0 Å². The highest BCUT2D eigenvalue weighted by atomic mass is 79.9. The van der Waals surface area contributed by atoms with E-state index in [0.29, 0.717) is 15.9 Å². The molecule has 0 saturated heterocycles. The van der Waals surface area contributed by atoms with Crippen LogP contribution >= 0.6 is 15.9 Å². The van der Waals surface area contributed by atoms with Crippen molar-refractivity contribution in [1.82, 2.24) is 9.88 Å². The number of nitrogens with one attached hydrogen (secondary N) is 1. The molecule has 1 heterocycles. The number of aromatic nitrogens is 1. The molecule has 0 aliphatic heterocycles. The Morgan fingerprint density at radius 2 is 2.10 bits per heavy atom. The zero-order valence-corrected chi connectivity index (χ0v) is 13.7. The molecule has 0 amide bonds. The molecule has 0 fully saturated rings. The van der Waals surface area contributed by atoms with Crippen molar-refractivity contribution < 1.29 is 4.92 Å². The van der Waals surface area contributed by atoms with Gasteiger partial charge in [0, 0.05) is 12.1 Å². The summed E-state index contributed by atoms with van der Waals surface area (Å²) in [6.07, 6.45) is 2.30. The SMILES string of the molecule is CCN(CC)CCCNc1ncc([N+](=O)[O-])c(C)c1Br. The minimum absolute atomic E-state index is 0.0329. The fraction of sp³-hybridized carbons (Fsp3) is 0.615. The number of hydrogen-bond acceptors (Lipinski definition) is 5. The number of hydrogen-bond donors (Lipinski definition) is 1. The van der Waals surface area contributed by atoms with E-state index in [0.717, 1.165) is 32.6 Å². The second-order valence-electron chi connectivity index (χ2n) is 4.50. The van der Waals surface area contributed by atoms with E-state index in [4.69, 9.17) is 0 Å². The fourth-order valence-corrected chi connectivity index (χ4v) is 2.37. The Hall–Kier alpha value is -1.21. The lowest BCUT2D eigenvalue weighted by molar-refractivity contribution is -0.385. The maximum absolute atomic E-state index is 10.8. The summed E-state index contributed by atoms with van der Waals surface area (Å²) in [7, 11) is 0. The van der Waals surface area contributed by atoms with Crippen LogP contribution in [0.3, 0.4) is 0 Å². The van der Waals surface area contributed by atoms with Crippen LogP contribution in [-0.4, -0.2) is 41.0 Å². The lowest BCUT2D eigenvalue weighted by atomic mass is 10.2. The molecular weight excluding hydrogens is 324 g/mol. The minimum atomic E-state index is -0.419. The maximum Gasteiger partial charge on any atom is 0.291 e. The first-order valence-electron chi connectivity index (χ1n) is 6.76. The highest BCUT2D eigenvalue weighted by Gasteiger charge is 2.16. The highest BCUT2D eigenvalue weighted by molar-refractivity contribution is 9.10. The molecule has 1 N–H and O–H groups in total. The second-order valence-corrected chi connectivity index (χ2v) is 5.29. The molecule has 1 aromatic rings. The number of nitro groups is 1. The molecule has 0 bridgehead atoms. The van der Waals surface area contributed by atoms with Crippen LogP contribution in [0.1, 0.15) is 25.8 Å². The first kappa shape index (κ1) is 16.8. The fourth-order valence-electron chi connectivity index (χ4n) is 1.93. The van der Waals surface area contributed by atoms with Crippen LogP contribution in [-0.2, 0) is 0 Å².